The second-order valence-corrected chi connectivity index (χ2v) is 13.2. The molecule has 0 atom stereocenters. The van der Waals surface area contributed by atoms with Crippen LogP contribution in [0.4, 0.5) is 17.2 Å². The molecule has 0 unspecified atom stereocenters. The lowest BCUT2D eigenvalue weighted by molar-refractivity contribution is 0.392. The highest BCUT2D eigenvalue weighted by molar-refractivity contribution is 5.92. The van der Waals surface area contributed by atoms with Crippen LogP contribution in [-0.4, -0.2) is 100 Å². The standard InChI is InChI=1S/C40H52N8/c1-45(2)27-13-7-11-25-41-29-32-17-21-34(22-18-32)37-38-40(48(31-47(38)5)36-15-9-6-10-16-36)44-39(43-37)35-23-19-33(20-24-35)30-42-26-12-8-14-28-46(3)4/h6,9-10,15-24,29-30H,7-8,11-14,25-28,31H2,1-5H3/b41-29-,42-30+. The number of unbranched alkanes of at least 4 members (excludes halogenated alkanes) is 4. The lowest BCUT2D eigenvalue weighted by Gasteiger charge is -2.18. The Morgan fingerprint density at radius 1 is 0.646 bits per heavy atom. The molecule has 4 aromatic rings. The van der Waals surface area contributed by atoms with E-state index in [1.807, 2.05) is 18.5 Å². The Kier molecular flexibility index (Phi) is 12.9. The Morgan fingerprint density at radius 2 is 1.19 bits per heavy atom. The van der Waals surface area contributed by atoms with Crippen LogP contribution in [0.3, 0.4) is 0 Å². The van der Waals surface area contributed by atoms with Crippen molar-refractivity contribution < 1.29 is 0 Å². The fourth-order valence-electron chi connectivity index (χ4n) is 5.88. The van der Waals surface area contributed by atoms with Crippen molar-refractivity contribution in [3.63, 3.8) is 0 Å². The van der Waals surface area contributed by atoms with Gasteiger partial charge in [0.15, 0.2) is 11.6 Å². The molecule has 0 aliphatic carbocycles. The van der Waals surface area contributed by atoms with Crippen LogP contribution in [0, 0.1) is 0 Å². The Hall–Kier alpha value is -4.40. The zero-order valence-corrected chi connectivity index (χ0v) is 29.5. The predicted molar refractivity (Wildman–Crippen MR) is 204 cm³/mol. The summed E-state index contributed by atoms with van der Waals surface area (Å²) in [5.74, 6) is 1.63. The Labute approximate surface area is 287 Å². The van der Waals surface area contributed by atoms with Gasteiger partial charge in [-0.1, -0.05) is 79.6 Å². The third-order valence-corrected chi connectivity index (χ3v) is 8.54. The summed E-state index contributed by atoms with van der Waals surface area (Å²) in [6.07, 6.45) is 11.0. The Bertz CT molecular complexity index is 1610. The lowest BCUT2D eigenvalue weighted by atomic mass is 10.1. The van der Waals surface area contributed by atoms with Gasteiger partial charge in [-0.25, -0.2) is 9.97 Å². The van der Waals surface area contributed by atoms with Gasteiger partial charge in [-0.2, -0.15) is 0 Å². The second-order valence-electron chi connectivity index (χ2n) is 13.2. The number of aromatic nitrogens is 2. The number of nitrogens with zero attached hydrogens (tertiary/aromatic N) is 8. The molecule has 0 radical (unpaired) electrons. The predicted octanol–water partition coefficient (Wildman–Crippen LogP) is 7.66. The molecule has 0 saturated carbocycles. The normalized spacial score (nSPS) is 13.1. The molecule has 8 nitrogen and oxygen atoms in total. The number of para-hydroxylation sites is 1. The van der Waals surface area contributed by atoms with Crippen molar-refractivity contribution in [2.45, 2.75) is 38.5 Å². The van der Waals surface area contributed by atoms with Crippen LogP contribution in [0.15, 0.2) is 88.8 Å². The molecule has 3 aromatic carbocycles. The van der Waals surface area contributed by atoms with E-state index in [1.54, 1.807) is 0 Å². The number of hydrogen-bond acceptors (Lipinski definition) is 8. The second kappa shape index (κ2) is 17.7. The summed E-state index contributed by atoms with van der Waals surface area (Å²) in [4.78, 5) is 28.7. The number of rotatable bonds is 17. The Balaban J connectivity index is 1.35. The van der Waals surface area contributed by atoms with Gasteiger partial charge in [0.1, 0.15) is 5.69 Å². The molecule has 252 valence electrons. The van der Waals surface area contributed by atoms with E-state index in [0.717, 1.165) is 84.2 Å². The molecule has 0 fully saturated rings. The van der Waals surface area contributed by atoms with Crippen molar-refractivity contribution in [1.29, 1.82) is 0 Å². The van der Waals surface area contributed by atoms with Gasteiger partial charge >= 0.3 is 0 Å². The summed E-state index contributed by atoms with van der Waals surface area (Å²) in [5.41, 5.74) is 7.31. The molecule has 0 spiro atoms. The topological polar surface area (TPSA) is 63.5 Å². The number of fused-ring (bicyclic) bond motifs is 1. The number of hydrogen-bond donors (Lipinski definition) is 0. The maximum atomic E-state index is 5.20. The average Bonchev–Trinajstić information content (AvgIpc) is 3.43. The molecule has 0 amide bonds. The number of aliphatic imine (C=N–C) groups is 2. The summed E-state index contributed by atoms with van der Waals surface area (Å²) >= 11 is 0. The summed E-state index contributed by atoms with van der Waals surface area (Å²) in [6, 6.07) is 27.5. The van der Waals surface area contributed by atoms with Crippen molar-refractivity contribution in [3.05, 3.63) is 90.0 Å². The first-order valence-corrected chi connectivity index (χ1v) is 17.3. The van der Waals surface area contributed by atoms with E-state index < -0.39 is 0 Å². The van der Waals surface area contributed by atoms with Crippen molar-refractivity contribution >= 4 is 29.6 Å². The minimum Gasteiger partial charge on any atom is -0.352 e. The van der Waals surface area contributed by atoms with E-state index in [2.05, 4.69) is 138 Å². The van der Waals surface area contributed by atoms with Gasteiger partial charge in [-0.3, -0.25) is 9.98 Å². The monoisotopic (exact) mass is 644 g/mol. The summed E-state index contributed by atoms with van der Waals surface area (Å²) in [6.45, 7) is 4.69. The molecule has 48 heavy (non-hydrogen) atoms. The van der Waals surface area contributed by atoms with Crippen LogP contribution in [0.25, 0.3) is 22.6 Å². The molecule has 1 aliphatic heterocycles. The maximum absolute atomic E-state index is 5.20. The molecule has 0 saturated heterocycles. The van der Waals surface area contributed by atoms with Crippen LogP contribution in [0.5, 0.6) is 0 Å². The fraction of sp³-hybridized carbons (Fsp3) is 0.400. The molecule has 8 heteroatoms. The maximum Gasteiger partial charge on any atom is 0.163 e. The van der Waals surface area contributed by atoms with Gasteiger partial charge in [0.25, 0.3) is 0 Å². The average molecular weight is 645 g/mol. The van der Waals surface area contributed by atoms with E-state index in [1.165, 1.54) is 25.7 Å². The third kappa shape index (κ3) is 9.81. The number of anilines is 3. The highest BCUT2D eigenvalue weighted by Gasteiger charge is 2.31. The largest absolute Gasteiger partial charge is 0.352 e. The summed E-state index contributed by atoms with van der Waals surface area (Å²) in [7, 11) is 10.6. The first-order chi connectivity index (χ1) is 23.4. The molecular weight excluding hydrogens is 592 g/mol. The SMILES string of the molecule is CN(C)CCCCC/N=C\c1ccc(-c2nc(-c3ccc(/C=N/CCCCCN(C)C)cc3)nc3c2N(C)CN3c2ccccc2)cc1. The van der Waals surface area contributed by atoms with Crippen molar-refractivity contribution in [2.24, 2.45) is 9.98 Å². The molecule has 5 rings (SSSR count). The fourth-order valence-corrected chi connectivity index (χ4v) is 5.88. The van der Waals surface area contributed by atoms with Gasteiger partial charge in [0.2, 0.25) is 0 Å². The minimum absolute atomic E-state index is 0.703. The van der Waals surface area contributed by atoms with Crippen LogP contribution in [0.1, 0.15) is 49.7 Å². The van der Waals surface area contributed by atoms with Crippen LogP contribution in [0.2, 0.25) is 0 Å². The van der Waals surface area contributed by atoms with Crippen molar-refractivity contribution in [1.82, 2.24) is 19.8 Å². The molecule has 1 aromatic heterocycles. The molecular formula is C40H52N8. The van der Waals surface area contributed by atoms with E-state index in [9.17, 15) is 0 Å². The summed E-state index contributed by atoms with van der Waals surface area (Å²) < 4.78 is 0. The molecule has 2 heterocycles. The first kappa shape index (κ1) is 34.9. The van der Waals surface area contributed by atoms with Gasteiger partial charge in [0, 0.05) is 49.4 Å². The van der Waals surface area contributed by atoms with Gasteiger partial charge in [-0.15, -0.1) is 0 Å². The lowest BCUT2D eigenvalue weighted by Crippen LogP contribution is -2.24. The van der Waals surface area contributed by atoms with E-state index in [0.29, 0.717) is 12.5 Å². The van der Waals surface area contributed by atoms with Gasteiger partial charge in [0.05, 0.1) is 12.4 Å². The zero-order chi connectivity index (χ0) is 33.7. The quantitative estimate of drug-likeness (QED) is 0.0869. The Morgan fingerprint density at radius 3 is 1.73 bits per heavy atom. The highest BCUT2D eigenvalue weighted by Crippen LogP contribution is 2.44. The van der Waals surface area contributed by atoms with Gasteiger partial charge in [-0.05, 0) is 90.2 Å². The summed E-state index contributed by atoms with van der Waals surface area (Å²) in [5, 5.41) is 0. The third-order valence-electron chi connectivity index (χ3n) is 8.54. The number of benzene rings is 3. The smallest absolute Gasteiger partial charge is 0.163 e. The molecule has 0 N–H and O–H groups in total. The van der Waals surface area contributed by atoms with Gasteiger partial charge < -0.3 is 19.6 Å². The van der Waals surface area contributed by atoms with Crippen LogP contribution in [-0.2, 0) is 0 Å². The van der Waals surface area contributed by atoms with Crippen LogP contribution >= 0.6 is 0 Å². The molecule has 1 aliphatic rings. The minimum atomic E-state index is 0.703. The van der Waals surface area contributed by atoms with Crippen molar-refractivity contribution in [2.75, 3.05) is 77.9 Å². The van der Waals surface area contributed by atoms with Crippen molar-refractivity contribution in [3.8, 4) is 22.6 Å². The van der Waals surface area contributed by atoms with E-state index >= 15 is 0 Å². The zero-order valence-electron chi connectivity index (χ0n) is 29.5. The van der Waals surface area contributed by atoms with Crippen LogP contribution < -0.4 is 9.80 Å². The highest BCUT2D eigenvalue weighted by atomic mass is 15.4. The molecule has 0 bridgehead atoms. The van der Waals surface area contributed by atoms with E-state index in [4.69, 9.17) is 9.97 Å². The van der Waals surface area contributed by atoms with E-state index in [-0.39, 0.29) is 0 Å². The first-order valence-electron chi connectivity index (χ1n) is 17.3.